The SMILES string of the molecule is c1ccc(N(c2ccccc2)c2cccc(N(c3ccc(-c4cccc5c4sc4ccccc45)cc3)c3ccc(-c4cccc5c4sc4ccccc45)cc3)c2-c2ccc3oc4ccccc4c3c2)cc1. The van der Waals surface area contributed by atoms with E-state index < -0.39 is 0 Å². The molecule has 0 aliphatic rings. The number of hydrogen-bond donors (Lipinski definition) is 0. The third-order valence-corrected chi connectivity index (χ3v) is 16.3. The first-order valence-corrected chi connectivity index (χ1v) is 25.6. The Balaban J connectivity index is 1.000. The van der Waals surface area contributed by atoms with E-state index in [1.165, 1.54) is 62.6 Å². The number of anilines is 6. The lowest BCUT2D eigenvalue weighted by atomic mass is 9.96. The monoisotopic (exact) mass is 942 g/mol. The first-order valence-electron chi connectivity index (χ1n) is 24.0. The number of benzene rings is 11. The van der Waals surface area contributed by atoms with Crippen molar-refractivity contribution in [3.63, 3.8) is 0 Å². The van der Waals surface area contributed by atoms with Crippen LogP contribution in [0.15, 0.2) is 259 Å². The van der Waals surface area contributed by atoms with E-state index in [0.29, 0.717) is 0 Å². The Hall–Kier alpha value is -8.74. The van der Waals surface area contributed by atoms with Crippen LogP contribution in [0.3, 0.4) is 0 Å². The van der Waals surface area contributed by atoms with Gasteiger partial charge in [-0.3, -0.25) is 0 Å². The minimum atomic E-state index is 0.863. The Labute approximate surface area is 419 Å². The molecule has 3 nitrogen and oxygen atoms in total. The highest BCUT2D eigenvalue weighted by Gasteiger charge is 2.26. The van der Waals surface area contributed by atoms with E-state index in [9.17, 15) is 0 Å². The second kappa shape index (κ2) is 17.0. The highest BCUT2D eigenvalue weighted by Crippen LogP contribution is 2.51. The first kappa shape index (κ1) is 41.3. The van der Waals surface area contributed by atoms with Crippen molar-refractivity contribution < 1.29 is 4.42 Å². The van der Waals surface area contributed by atoms with Crippen molar-refractivity contribution in [2.75, 3.05) is 9.80 Å². The number of thiophene rings is 2. The van der Waals surface area contributed by atoms with Crippen LogP contribution in [0.1, 0.15) is 0 Å². The zero-order valence-corrected chi connectivity index (χ0v) is 40.0. The molecule has 0 radical (unpaired) electrons. The molecule has 0 aliphatic heterocycles. The second-order valence-electron chi connectivity index (χ2n) is 18.0. The molecule has 3 aromatic heterocycles. The molecule has 0 unspecified atom stereocenters. The lowest BCUT2D eigenvalue weighted by molar-refractivity contribution is 0.669. The summed E-state index contributed by atoms with van der Waals surface area (Å²) in [6.45, 7) is 0. The number of hydrogen-bond acceptors (Lipinski definition) is 5. The maximum atomic E-state index is 6.44. The van der Waals surface area contributed by atoms with Crippen LogP contribution in [0.5, 0.6) is 0 Å². The fourth-order valence-corrected chi connectivity index (χ4v) is 13.1. The molecule has 71 heavy (non-hydrogen) atoms. The third kappa shape index (κ3) is 7.00. The summed E-state index contributed by atoms with van der Waals surface area (Å²) in [4.78, 5) is 4.83. The zero-order chi connectivity index (χ0) is 46.8. The van der Waals surface area contributed by atoms with Crippen LogP contribution in [-0.2, 0) is 0 Å². The summed E-state index contributed by atoms with van der Waals surface area (Å²) < 4.78 is 11.7. The van der Waals surface area contributed by atoms with E-state index in [4.69, 9.17) is 4.42 Å². The van der Waals surface area contributed by atoms with E-state index in [1.807, 2.05) is 28.7 Å². The average Bonchev–Trinajstić information content (AvgIpc) is 4.14. The Morgan fingerprint density at radius 1 is 0.282 bits per heavy atom. The topological polar surface area (TPSA) is 19.6 Å². The van der Waals surface area contributed by atoms with Crippen LogP contribution in [0.4, 0.5) is 34.1 Å². The number of furan rings is 1. The molecule has 0 aliphatic carbocycles. The molecule has 14 rings (SSSR count). The molecule has 0 fully saturated rings. The predicted octanol–water partition coefficient (Wildman–Crippen LogP) is 20.3. The van der Waals surface area contributed by atoms with Crippen molar-refractivity contribution in [3.05, 3.63) is 255 Å². The summed E-state index contributed by atoms with van der Waals surface area (Å²) in [7, 11) is 0. The minimum absolute atomic E-state index is 0.863. The molecule has 0 spiro atoms. The molecule has 0 amide bonds. The van der Waals surface area contributed by atoms with E-state index in [2.05, 4.69) is 259 Å². The highest BCUT2D eigenvalue weighted by molar-refractivity contribution is 7.26. The van der Waals surface area contributed by atoms with E-state index >= 15 is 0 Å². The Kier molecular flexibility index (Phi) is 9.90. The van der Waals surface area contributed by atoms with Crippen molar-refractivity contribution in [1.82, 2.24) is 0 Å². The maximum Gasteiger partial charge on any atom is 0.135 e. The van der Waals surface area contributed by atoms with Gasteiger partial charge in [-0.05, 0) is 119 Å². The van der Waals surface area contributed by atoms with Gasteiger partial charge in [-0.25, -0.2) is 0 Å². The van der Waals surface area contributed by atoms with Crippen molar-refractivity contribution in [2.45, 2.75) is 0 Å². The van der Waals surface area contributed by atoms with Crippen LogP contribution in [0, 0.1) is 0 Å². The van der Waals surface area contributed by atoms with Gasteiger partial charge in [0.1, 0.15) is 11.2 Å². The smallest absolute Gasteiger partial charge is 0.135 e. The molecule has 0 bridgehead atoms. The van der Waals surface area contributed by atoms with Gasteiger partial charge in [0.15, 0.2) is 0 Å². The van der Waals surface area contributed by atoms with Crippen molar-refractivity contribution in [2.24, 2.45) is 0 Å². The molecular weight excluding hydrogens is 901 g/mol. The largest absolute Gasteiger partial charge is 0.456 e. The molecular formula is C66H42N2OS2. The Morgan fingerprint density at radius 3 is 1.23 bits per heavy atom. The summed E-state index contributed by atoms with van der Waals surface area (Å²) in [6.07, 6.45) is 0. The lowest BCUT2D eigenvalue weighted by Crippen LogP contribution is -2.15. The molecule has 0 saturated heterocycles. The van der Waals surface area contributed by atoms with Crippen LogP contribution < -0.4 is 9.80 Å². The molecule has 11 aromatic carbocycles. The fourth-order valence-electron chi connectivity index (χ4n) is 10.6. The summed E-state index contributed by atoms with van der Waals surface area (Å²) in [5.41, 5.74) is 15.1. The van der Waals surface area contributed by atoms with Gasteiger partial charge in [-0.2, -0.15) is 0 Å². The van der Waals surface area contributed by atoms with Gasteiger partial charge in [-0.1, -0.05) is 164 Å². The van der Waals surface area contributed by atoms with Crippen LogP contribution >= 0.6 is 22.7 Å². The van der Waals surface area contributed by atoms with Crippen molar-refractivity contribution >= 4 is 119 Å². The quantitative estimate of drug-likeness (QED) is 0.144. The van der Waals surface area contributed by atoms with Gasteiger partial charge in [0, 0.05) is 79.4 Å². The standard InChI is InChI=1S/C66H42N2OS2/c1-3-16-46(17-4-1)67(47-18-5-2-6-19-47)58-27-15-28-59(64(58)45-36-41-61-57(42-45)52-20-7-10-29-60(52)69-61)68(48-37-32-43(33-38-48)50-23-13-25-55-53-21-8-11-30-62(53)70-65(50)55)49-39-34-44(35-40-49)51-24-14-26-56-54-22-9-12-31-63(54)71-66(51)56/h1-42H. The number of para-hydroxylation sites is 3. The molecule has 14 aromatic rings. The zero-order valence-electron chi connectivity index (χ0n) is 38.4. The maximum absolute atomic E-state index is 6.44. The van der Waals surface area contributed by atoms with Crippen molar-refractivity contribution in [1.29, 1.82) is 0 Å². The summed E-state index contributed by atoms with van der Waals surface area (Å²) in [5.74, 6) is 0. The molecule has 334 valence electrons. The van der Waals surface area contributed by atoms with Gasteiger partial charge in [0.2, 0.25) is 0 Å². The second-order valence-corrected chi connectivity index (χ2v) is 20.1. The molecule has 5 heteroatoms. The lowest BCUT2D eigenvalue weighted by Gasteiger charge is -2.33. The minimum Gasteiger partial charge on any atom is -0.456 e. The fraction of sp³-hybridized carbons (Fsp3) is 0. The molecule has 0 saturated carbocycles. The van der Waals surface area contributed by atoms with Crippen LogP contribution in [0.2, 0.25) is 0 Å². The van der Waals surface area contributed by atoms with E-state index in [-0.39, 0.29) is 0 Å². The Morgan fingerprint density at radius 2 is 0.690 bits per heavy atom. The van der Waals surface area contributed by atoms with Crippen LogP contribution in [-0.4, -0.2) is 0 Å². The number of rotatable bonds is 9. The predicted molar refractivity (Wildman–Crippen MR) is 305 cm³/mol. The van der Waals surface area contributed by atoms with Gasteiger partial charge >= 0.3 is 0 Å². The number of fused-ring (bicyclic) bond motifs is 9. The van der Waals surface area contributed by atoms with Crippen LogP contribution in [0.25, 0.3) is 95.7 Å². The van der Waals surface area contributed by atoms with Crippen molar-refractivity contribution in [3.8, 4) is 33.4 Å². The first-order chi connectivity index (χ1) is 35.2. The molecule has 0 atom stereocenters. The molecule has 3 heterocycles. The van der Waals surface area contributed by atoms with Gasteiger partial charge in [0.25, 0.3) is 0 Å². The molecule has 0 N–H and O–H groups in total. The van der Waals surface area contributed by atoms with Gasteiger partial charge in [0.05, 0.1) is 11.4 Å². The third-order valence-electron chi connectivity index (χ3n) is 13.9. The Bertz CT molecular complexity index is 4090. The average molecular weight is 943 g/mol. The summed E-state index contributed by atoms with van der Waals surface area (Å²) in [6, 6.07) is 92.5. The van der Waals surface area contributed by atoms with E-state index in [0.717, 1.165) is 67.2 Å². The highest BCUT2D eigenvalue weighted by atomic mass is 32.1. The van der Waals surface area contributed by atoms with E-state index in [1.54, 1.807) is 0 Å². The van der Waals surface area contributed by atoms with Gasteiger partial charge < -0.3 is 14.2 Å². The number of nitrogens with zero attached hydrogens (tertiary/aromatic N) is 2. The van der Waals surface area contributed by atoms with Gasteiger partial charge in [-0.15, -0.1) is 22.7 Å². The normalized spacial score (nSPS) is 11.7. The summed E-state index contributed by atoms with van der Waals surface area (Å²) in [5, 5.41) is 7.37. The summed E-state index contributed by atoms with van der Waals surface area (Å²) >= 11 is 3.74.